The Balaban J connectivity index is 1.66. The molecule has 0 saturated carbocycles. The monoisotopic (exact) mass is 466 g/mol. The van der Waals surface area contributed by atoms with Crippen LogP contribution in [0.25, 0.3) is 0 Å². The molecular weight excluding hydrogens is 436 g/mol. The van der Waals surface area contributed by atoms with Crippen LogP contribution in [0.1, 0.15) is 43.7 Å². The van der Waals surface area contributed by atoms with Crippen LogP contribution >= 0.6 is 0 Å². The van der Waals surface area contributed by atoms with Gasteiger partial charge in [-0.2, -0.15) is 4.31 Å². The van der Waals surface area contributed by atoms with Gasteiger partial charge in [0.05, 0.1) is 12.0 Å². The molecule has 2 aromatic carbocycles. The molecule has 1 N–H and O–H groups in total. The van der Waals surface area contributed by atoms with Gasteiger partial charge in [-0.1, -0.05) is 32.0 Å². The predicted molar refractivity (Wildman–Crippen MR) is 120 cm³/mol. The Kier molecular flexibility index (Phi) is 7.41. The molecule has 0 radical (unpaired) electrons. The van der Waals surface area contributed by atoms with Gasteiger partial charge in [0.25, 0.3) is 0 Å². The summed E-state index contributed by atoms with van der Waals surface area (Å²) in [4.78, 5) is 0.391. The number of benzene rings is 2. The van der Waals surface area contributed by atoms with E-state index < -0.39 is 20.0 Å². The molecule has 1 aliphatic heterocycles. The van der Waals surface area contributed by atoms with Gasteiger partial charge in [0.1, 0.15) is 10.6 Å². The second-order valence-electron chi connectivity index (χ2n) is 7.97. The third kappa shape index (κ3) is 5.46. The van der Waals surface area contributed by atoms with Gasteiger partial charge in [-0.3, -0.25) is 0 Å². The molecule has 3 rings (SSSR count). The number of ether oxygens (including phenoxy) is 1. The zero-order chi connectivity index (χ0) is 22.6. The highest BCUT2D eigenvalue weighted by Gasteiger charge is 2.27. The van der Waals surface area contributed by atoms with E-state index >= 15 is 0 Å². The normalized spacial score (nSPS) is 15.5. The first-order valence-electron chi connectivity index (χ1n) is 10.4. The Morgan fingerprint density at radius 3 is 2.23 bits per heavy atom. The van der Waals surface area contributed by atoms with Crippen molar-refractivity contribution in [3.63, 3.8) is 0 Å². The molecule has 0 amide bonds. The lowest BCUT2D eigenvalue weighted by atomic mass is 10.0. The number of hydrogen-bond donors (Lipinski definition) is 1. The molecular formula is C22H30N2O5S2. The fourth-order valence-corrected chi connectivity index (χ4v) is 6.33. The summed E-state index contributed by atoms with van der Waals surface area (Å²) in [5, 5.41) is 0. The van der Waals surface area contributed by atoms with Crippen LogP contribution in [-0.4, -0.2) is 47.9 Å². The van der Waals surface area contributed by atoms with Crippen molar-refractivity contribution < 1.29 is 21.6 Å². The standard InChI is InChI=1S/C22H30N2O5S2/c1-17(2)19-8-11-21(29-3)22(16-19)30(25,26)23-13-12-18-6-9-20(10-7-18)31(27,28)24-14-4-5-15-24/h6-11,16-17,23H,4-5,12-15H2,1-3H3. The summed E-state index contributed by atoms with van der Waals surface area (Å²) in [5.41, 5.74) is 1.77. The summed E-state index contributed by atoms with van der Waals surface area (Å²) in [6.07, 6.45) is 2.22. The smallest absolute Gasteiger partial charge is 0.244 e. The van der Waals surface area contributed by atoms with Crippen LogP contribution in [0.4, 0.5) is 0 Å². The van der Waals surface area contributed by atoms with Gasteiger partial charge in [-0.05, 0) is 60.6 Å². The number of nitrogens with one attached hydrogen (secondary N) is 1. The molecule has 7 nitrogen and oxygen atoms in total. The van der Waals surface area contributed by atoms with Crippen molar-refractivity contribution in [1.82, 2.24) is 9.03 Å². The largest absolute Gasteiger partial charge is 0.495 e. The average molecular weight is 467 g/mol. The molecule has 0 bridgehead atoms. The van der Waals surface area contributed by atoms with Crippen LogP contribution in [0.2, 0.25) is 0 Å². The van der Waals surface area contributed by atoms with Crippen molar-refractivity contribution in [1.29, 1.82) is 0 Å². The molecule has 0 unspecified atom stereocenters. The van der Waals surface area contributed by atoms with Gasteiger partial charge in [0, 0.05) is 19.6 Å². The molecule has 1 fully saturated rings. The van der Waals surface area contributed by atoms with Crippen LogP contribution in [0.15, 0.2) is 52.3 Å². The lowest BCUT2D eigenvalue weighted by Crippen LogP contribution is -2.28. The zero-order valence-corrected chi connectivity index (χ0v) is 19.8. The number of hydrogen-bond acceptors (Lipinski definition) is 5. The average Bonchev–Trinajstić information content (AvgIpc) is 3.29. The number of methoxy groups -OCH3 is 1. The Hall–Kier alpha value is -1.94. The summed E-state index contributed by atoms with van der Waals surface area (Å²) in [7, 11) is -5.75. The van der Waals surface area contributed by atoms with Crippen LogP contribution < -0.4 is 9.46 Å². The number of rotatable bonds is 9. The summed E-state index contributed by atoms with van der Waals surface area (Å²) in [5.74, 6) is 0.489. The Morgan fingerprint density at radius 1 is 1.00 bits per heavy atom. The molecule has 1 saturated heterocycles. The first-order chi connectivity index (χ1) is 14.6. The summed E-state index contributed by atoms with van der Waals surface area (Å²) >= 11 is 0. The minimum Gasteiger partial charge on any atom is -0.495 e. The van der Waals surface area contributed by atoms with E-state index in [1.54, 1.807) is 36.4 Å². The molecule has 1 aliphatic rings. The molecule has 9 heteroatoms. The highest BCUT2D eigenvalue weighted by molar-refractivity contribution is 7.89. The van der Waals surface area contributed by atoms with Gasteiger partial charge in [-0.25, -0.2) is 21.6 Å². The maximum atomic E-state index is 12.8. The predicted octanol–water partition coefficient (Wildman–Crippen LogP) is 3.12. The summed E-state index contributed by atoms with van der Waals surface area (Å²) in [6, 6.07) is 11.8. The van der Waals surface area contributed by atoms with E-state index in [2.05, 4.69) is 4.72 Å². The molecule has 31 heavy (non-hydrogen) atoms. The van der Waals surface area contributed by atoms with E-state index in [1.165, 1.54) is 11.4 Å². The highest BCUT2D eigenvalue weighted by Crippen LogP contribution is 2.28. The zero-order valence-electron chi connectivity index (χ0n) is 18.2. The van der Waals surface area contributed by atoms with E-state index in [0.29, 0.717) is 25.3 Å². The Morgan fingerprint density at radius 2 is 1.65 bits per heavy atom. The van der Waals surface area contributed by atoms with E-state index in [4.69, 9.17) is 4.74 Å². The molecule has 0 aromatic heterocycles. The Labute approximate surface area is 185 Å². The lowest BCUT2D eigenvalue weighted by molar-refractivity contribution is 0.402. The molecule has 170 valence electrons. The van der Waals surface area contributed by atoms with Gasteiger partial charge in [0.15, 0.2) is 0 Å². The van der Waals surface area contributed by atoms with Gasteiger partial charge < -0.3 is 4.74 Å². The van der Waals surface area contributed by atoms with Crippen molar-refractivity contribution in [3.8, 4) is 5.75 Å². The van der Waals surface area contributed by atoms with Crippen molar-refractivity contribution in [2.75, 3.05) is 26.7 Å². The van der Waals surface area contributed by atoms with Crippen molar-refractivity contribution in [2.24, 2.45) is 0 Å². The molecule has 1 heterocycles. The number of sulfonamides is 2. The third-order valence-electron chi connectivity index (χ3n) is 5.48. The van der Waals surface area contributed by atoms with Crippen LogP contribution in [0, 0.1) is 0 Å². The van der Waals surface area contributed by atoms with Crippen LogP contribution in [0.3, 0.4) is 0 Å². The van der Waals surface area contributed by atoms with Gasteiger partial charge in [-0.15, -0.1) is 0 Å². The third-order valence-corrected chi connectivity index (χ3v) is 8.87. The summed E-state index contributed by atoms with van der Waals surface area (Å²) in [6.45, 7) is 5.31. The van der Waals surface area contributed by atoms with E-state index in [1.807, 2.05) is 19.9 Å². The quantitative estimate of drug-likeness (QED) is 0.613. The molecule has 2 aromatic rings. The van der Waals surface area contributed by atoms with Crippen molar-refractivity contribution >= 4 is 20.0 Å². The van der Waals surface area contributed by atoms with E-state index in [9.17, 15) is 16.8 Å². The van der Waals surface area contributed by atoms with Crippen molar-refractivity contribution in [3.05, 3.63) is 53.6 Å². The maximum Gasteiger partial charge on any atom is 0.244 e. The molecule has 0 atom stereocenters. The first kappa shape index (κ1) is 23.7. The topological polar surface area (TPSA) is 92.8 Å². The second kappa shape index (κ2) is 9.68. The molecule has 0 aliphatic carbocycles. The molecule has 0 spiro atoms. The first-order valence-corrected chi connectivity index (χ1v) is 13.3. The van der Waals surface area contributed by atoms with Crippen molar-refractivity contribution in [2.45, 2.75) is 48.8 Å². The van der Waals surface area contributed by atoms with Crippen LogP contribution in [-0.2, 0) is 26.5 Å². The van der Waals surface area contributed by atoms with Gasteiger partial charge >= 0.3 is 0 Å². The Bertz CT molecular complexity index is 1110. The van der Waals surface area contributed by atoms with Crippen LogP contribution in [0.5, 0.6) is 5.75 Å². The fraction of sp³-hybridized carbons (Fsp3) is 0.455. The van der Waals surface area contributed by atoms with Gasteiger partial charge in [0.2, 0.25) is 20.0 Å². The lowest BCUT2D eigenvalue weighted by Gasteiger charge is -2.16. The minimum atomic E-state index is -3.75. The fourth-order valence-electron chi connectivity index (χ4n) is 3.58. The minimum absolute atomic E-state index is 0.119. The number of nitrogens with zero attached hydrogens (tertiary/aromatic N) is 1. The summed E-state index contributed by atoms with van der Waals surface area (Å²) < 4.78 is 60.2. The highest BCUT2D eigenvalue weighted by atomic mass is 32.2. The second-order valence-corrected chi connectivity index (χ2v) is 11.6. The maximum absolute atomic E-state index is 12.8. The SMILES string of the molecule is COc1ccc(C(C)C)cc1S(=O)(=O)NCCc1ccc(S(=O)(=O)N2CCCC2)cc1. The van der Waals surface area contributed by atoms with E-state index in [-0.39, 0.29) is 22.3 Å². The van der Waals surface area contributed by atoms with E-state index in [0.717, 1.165) is 24.0 Å².